The number of non-ortho nitro benzene ring substituents is 1. The van der Waals surface area contributed by atoms with E-state index >= 15 is 0 Å². The summed E-state index contributed by atoms with van der Waals surface area (Å²) in [6.07, 6.45) is 1.57. The average Bonchev–Trinajstić information content (AvgIpc) is 3.00. The summed E-state index contributed by atoms with van der Waals surface area (Å²) in [6.45, 7) is 0. The van der Waals surface area contributed by atoms with Gasteiger partial charge in [0.1, 0.15) is 4.90 Å². The molecule has 1 aromatic rings. The van der Waals surface area contributed by atoms with Crippen LogP contribution in [0.2, 0.25) is 0 Å². The first kappa shape index (κ1) is 11.8. The molecule has 0 aliphatic heterocycles. The molecule has 92 valence electrons. The van der Waals surface area contributed by atoms with Gasteiger partial charge in [-0.1, -0.05) is 0 Å². The zero-order valence-corrected chi connectivity index (χ0v) is 9.61. The van der Waals surface area contributed by atoms with Gasteiger partial charge in [-0.15, -0.1) is 0 Å². The standard InChI is InChI=1S/C9H11N3O4S/c10-8-4-3-7(12(13)14)5-9(8)17(15,16)11-6-1-2-6/h3-6,11H,1-2,10H2. The van der Waals surface area contributed by atoms with Gasteiger partial charge >= 0.3 is 0 Å². The molecule has 0 aromatic heterocycles. The van der Waals surface area contributed by atoms with Gasteiger partial charge in [0.2, 0.25) is 10.0 Å². The molecule has 0 saturated heterocycles. The number of nitro benzene ring substituents is 1. The van der Waals surface area contributed by atoms with Crippen molar-refractivity contribution in [3.8, 4) is 0 Å². The van der Waals surface area contributed by atoms with Crippen molar-refractivity contribution in [2.75, 3.05) is 5.73 Å². The van der Waals surface area contributed by atoms with Crippen molar-refractivity contribution in [2.24, 2.45) is 0 Å². The Bertz CT molecular complexity index is 566. The largest absolute Gasteiger partial charge is 0.398 e. The minimum absolute atomic E-state index is 0.00347. The van der Waals surface area contributed by atoms with Crippen LogP contribution in [-0.2, 0) is 10.0 Å². The second-order valence-electron chi connectivity index (χ2n) is 3.87. The average molecular weight is 257 g/mol. The topological polar surface area (TPSA) is 115 Å². The summed E-state index contributed by atoms with van der Waals surface area (Å²) in [7, 11) is -3.76. The smallest absolute Gasteiger partial charge is 0.270 e. The number of anilines is 1. The highest BCUT2D eigenvalue weighted by atomic mass is 32.2. The van der Waals surface area contributed by atoms with Crippen LogP contribution in [-0.4, -0.2) is 19.4 Å². The molecule has 0 radical (unpaired) electrons. The Hall–Kier alpha value is -1.67. The molecule has 1 saturated carbocycles. The van der Waals surface area contributed by atoms with Crippen LogP contribution in [0.4, 0.5) is 11.4 Å². The maximum absolute atomic E-state index is 11.9. The van der Waals surface area contributed by atoms with Gasteiger partial charge in [0, 0.05) is 18.2 Å². The Kier molecular flexibility index (Phi) is 2.76. The Balaban J connectivity index is 2.42. The van der Waals surface area contributed by atoms with Crippen LogP contribution in [0.15, 0.2) is 23.1 Å². The van der Waals surface area contributed by atoms with Crippen molar-refractivity contribution in [3.63, 3.8) is 0 Å². The van der Waals surface area contributed by atoms with E-state index in [4.69, 9.17) is 5.73 Å². The number of nitrogens with two attached hydrogens (primary N) is 1. The van der Waals surface area contributed by atoms with E-state index in [-0.39, 0.29) is 22.3 Å². The molecule has 8 heteroatoms. The maximum atomic E-state index is 11.9. The summed E-state index contributed by atoms with van der Waals surface area (Å²) in [6, 6.07) is 3.30. The summed E-state index contributed by atoms with van der Waals surface area (Å²) in [5.74, 6) is 0. The quantitative estimate of drug-likeness (QED) is 0.466. The number of sulfonamides is 1. The number of rotatable bonds is 4. The highest BCUT2D eigenvalue weighted by molar-refractivity contribution is 7.89. The number of nitrogens with zero attached hydrogens (tertiary/aromatic N) is 1. The van der Waals surface area contributed by atoms with Gasteiger partial charge in [0.25, 0.3) is 5.69 Å². The van der Waals surface area contributed by atoms with E-state index in [0.29, 0.717) is 0 Å². The van der Waals surface area contributed by atoms with Crippen LogP contribution in [0.5, 0.6) is 0 Å². The van der Waals surface area contributed by atoms with E-state index in [1.54, 1.807) is 0 Å². The fourth-order valence-electron chi connectivity index (χ4n) is 1.35. The SMILES string of the molecule is Nc1ccc([N+](=O)[O-])cc1S(=O)(=O)NC1CC1. The van der Waals surface area contributed by atoms with Crippen molar-refractivity contribution < 1.29 is 13.3 Å². The lowest BCUT2D eigenvalue weighted by Crippen LogP contribution is -2.26. The molecule has 0 atom stereocenters. The minimum atomic E-state index is -3.76. The first-order valence-electron chi connectivity index (χ1n) is 4.96. The molecule has 0 bridgehead atoms. The van der Waals surface area contributed by atoms with Crippen molar-refractivity contribution in [2.45, 2.75) is 23.8 Å². The zero-order valence-electron chi connectivity index (χ0n) is 8.79. The van der Waals surface area contributed by atoms with E-state index in [1.807, 2.05) is 0 Å². The molecule has 3 N–H and O–H groups in total. The van der Waals surface area contributed by atoms with Crippen LogP contribution in [0.1, 0.15) is 12.8 Å². The lowest BCUT2D eigenvalue weighted by Gasteiger charge is -2.07. The Morgan fingerprint density at radius 2 is 2.06 bits per heavy atom. The number of hydrogen-bond donors (Lipinski definition) is 2. The van der Waals surface area contributed by atoms with Crippen molar-refractivity contribution in [1.29, 1.82) is 0 Å². The fourth-order valence-corrected chi connectivity index (χ4v) is 2.81. The predicted molar refractivity (Wildman–Crippen MR) is 60.9 cm³/mol. The van der Waals surface area contributed by atoms with E-state index in [2.05, 4.69) is 4.72 Å². The Morgan fingerprint density at radius 3 is 2.59 bits per heavy atom. The summed E-state index contributed by atoms with van der Waals surface area (Å²) in [4.78, 5) is 9.68. The van der Waals surface area contributed by atoms with Crippen molar-refractivity contribution in [1.82, 2.24) is 4.72 Å². The molecule has 0 heterocycles. The van der Waals surface area contributed by atoms with Gasteiger partial charge in [0.15, 0.2) is 0 Å². The molecule has 1 aliphatic carbocycles. The van der Waals surface area contributed by atoms with E-state index in [0.717, 1.165) is 18.9 Å². The van der Waals surface area contributed by atoms with Gasteiger partial charge in [-0.05, 0) is 18.9 Å². The lowest BCUT2D eigenvalue weighted by atomic mass is 10.3. The molecular weight excluding hydrogens is 246 g/mol. The van der Waals surface area contributed by atoms with Crippen LogP contribution >= 0.6 is 0 Å². The molecule has 17 heavy (non-hydrogen) atoms. The van der Waals surface area contributed by atoms with Gasteiger partial charge in [-0.25, -0.2) is 13.1 Å². The first-order chi connectivity index (χ1) is 7.90. The molecule has 1 aromatic carbocycles. The summed E-state index contributed by atoms with van der Waals surface area (Å²) in [5, 5.41) is 10.6. The van der Waals surface area contributed by atoms with Crippen LogP contribution < -0.4 is 10.5 Å². The summed E-state index contributed by atoms with van der Waals surface area (Å²) in [5.41, 5.74) is 5.24. The van der Waals surface area contributed by atoms with E-state index in [9.17, 15) is 18.5 Å². The van der Waals surface area contributed by atoms with Crippen LogP contribution in [0, 0.1) is 10.1 Å². The van der Waals surface area contributed by atoms with Crippen LogP contribution in [0.3, 0.4) is 0 Å². The van der Waals surface area contributed by atoms with E-state index in [1.165, 1.54) is 12.1 Å². The fraction of sp³-hybridized carbons (Fsp3) is 0.333. The van der Waals surface area contributed by atoms with Gasteiger partial charge in [-0.3, -0.25) is 10.1 Å². The normalized spacial score (nSPS) is 15.8. The number of nitrogen functional groups attached to an aromatic ring is 1. The lowest BCUT2D eigenvalue weighted by molar-refractivity contribution is -0.385. The molecule has 1 fully saturated rings. The predicted octanol–water partition coefficient (Wildman–Crippen LogP) is 0.618. The van der Waals surface area contributed by atoms with E-state index < -0.39 is 14.9 Å². The van der Waals surface area contributed by atoms with Gasteiger partial charge in [0.05, 0.1) is 10.6 Å². The molecule has 0 amide bonds. The number of nitro groups is 1. The van der Waals surface area contributed by atoms with Gasteiger partial charge in [-0.2, -0.15) is 0 Å². The third-order valence-electron chi connectivity index (χ3n) is 2.40. The zero-order chi connectivity index (χ0) is 12.6. The molecule has 0 unspecified atom stereocenters. The number of hydrogen-bond acceptors (Lipinski definition) is 5. The molecule has 7 nitrogen and oxygen atoms in total. The Morgan fingerprint density at radius 1 is 1.41 bits per heavy atom. The molecule has 0 spiro atoms. The highest BCUT2D eigenvalue weighted by Gasteiger charge is 2.30. The van der Waals surface area contributed by atoms with Crippen molar-refractivity contribution >= 4 is 21.4 Å². The molecule has 2 rings (SSSR count). The number of nitrogens with one attached hydrogen (secondary N) is 1. The van der Waals surface area contributed by atoms with Crippen molar-refractivity contribution in [3.05, 3.63) is 28.3 Å². The summed E-state index contributed by atoms with van der Waals surface area (Å²) < 4.78 is 26.2. The second kappa shape index (κ2) is 3.97. The summed E-state index contributed by atoms with van der Waals surface area (Å²) >= 11 is 0. The Labute approximate surface area is 97.8 Å². The maximum Gasteiger partial charge on any atom is 0.270 e. The monoisotopic (exact) mass is 257 g/mol. The minimum Gasteiger partial charge on any atom is -0.398 e. The molecule has 1 aliphatic rings. The third kappa shape index (κ3) is 2.53. The van der Waals surface area contributed by atoms with Gasteiger partial charge < -0.3 is 5.73 Å². The van der Waals surface area contributed by atoms with Crippen LogP contribution in [0.25, 0.3) is 0 Å². The second-order valence-corrected chi connectivity index (χ2v) is 5.56. The molecular formula is C9H11N3O4S. The highest BCUT2D eigenvalue weighted by Crippen LogP contribution is 2.27. The third-order valence-corrected chi connectivity index (χ3v) is 3.97. The first-order valence-corrected chi connectivity index (χ1v) is 6.45. The number of benzene rings is 1.